The summed E-state index contributed by atoms with van der Waals surface area (Å²) in [5.41, 5.74) is 2.61. The van der Waals surface area contributed by atoms with Crippen molar-refractivity contribution < 1.29 is 9.53 Å². The molecule has 136 valence electrons. The molecule has 0 aromatic heterocycles. The van der Waals surface area contributed by atoms with E-state index in [0.29, 0.717) is 16.9 Å². The van der Waals surface area contributed by atoms with Crippen molar-refractivity contribution in [1.29, 1.82) is 0 Å². The van der Waals surface area contributed by atoms with Crippen LogP contribution in [0.4, 0.5) is 0 Å². The summed E-state index contributed by atoms with van der Waals surface area (Å²) in [5, 5.41) is 0.703. The van der Waals surface area contributed by atoms with E-state index in [4.69, 9.17) is 16.3 Å². The van der Waals surface area contributed by atoms with Gasteiger partial charge >= 0.3 is 0 Å². The summed E-state index contributed by atoms with van der Waals surface area (Å²) in [7, 11) is 1.70. The number of rotatable bonds is 5. The van der Waals surface area contributed by atoms with Gasteiger partial charge in [-0.3, -0.25) is 9.69 Å². The van der Waals surface area contributed by atoms with Gasteiger partial charge in [0.2, 0.25) is 5.91 Å². The van der Waals surface area contributed by atoms with E-state index in [1.807, 2.05) is 41.3 Å². The molecule has 0 radical (unpaired) electrons. The fraction of sp³-hybridized carbons (Fsp3) is 0.381. The molecular formula is C21H23ClN2O2. The summed E-state index contributed by atoms with van der Waals surface area (Å²) in [6.45, 7) is 4.84. The minimum absolute atomic E-state index is 0.212. The van der Waals surface area contributed by atoms with Crippen LogP contribution in [0.3, 0.4) is 0 Å². The fourth-order valence-electron chi connectivity index (χ4n) is 4.07. The molecule has 2 aliphatic heterocycles. The van der Waals surface area contributed by atoms with Gasteiger partial charge in [-0.05, 0) is 35.4 Å². The van der Waals surface area contributed by atoms with Crippen LogP contribution in [0.5, 0.6) is 5.75 Å². The van der Waals surface area contributed by atoms with Crippen molar-refractivity contribution in [3.8, 4) is 5.75 Å². The summed E-state index contributed by atoms with van der Waals surface area (Å²) in [5.74, 6) is 1.12. The number of hydrogen-bond acceptors (Lipinski definition) is 3. The highest BCUT2D eigenvalue weighted by molar-refractivity contribution is 6.30. The van der Waals surface area contributed by atoms with Crippen molar-refractivity contribution in [3.63, 3.8) is 0 Å². The molecule has 0 N–H and O–H groups in total. The molecular weight excluding hydrogens is 348 g/mol. The van der Waals surface area contributed by atoms with Crippen LogP contribution >= 0.6 is 11.6 Å². The Balaban J connectivity index is 1.24. The number of carbonyl (C=O) groups excluding carboxylic acids is 1. The number of ether oxygens (including phenoxy) is 1. The van der Waals surface area contributed by atoms with Crippen molar-refractivity contribution in [2.75, 3.05) is 33.3 Å². The lowest BCUT2D eigenvalue weighted by Gasteiger charge is -2.60. The highest BCUT2D eigenvalue weighted by Crippen LogP contribution is 2.40. The molecule has 2 aliphatic rings. The molecule has 0 unspecified atom stereocenters. The largest absolute Gasteiger partial charge is 0.497 e. The average molecular weight is 371 g/mol. The number of likely N-dealkylation sites (tertiary alicyclic amines) is 2. The highest BCUT2D eigenvalue weighted by Gasteiger charge is 2.52. The SMILES string of the molecule is COc1cccc(CN2CC3(C2)CN(C(=O)Cc2ccc(Cl)cc2)C3)c1. The monoisotopic (exact) mass is 370 g/mol. The maximum Gasteiger partial charge on any atom is 0.227 e. The van der Waals surface area contributed by atoms with Gasteiger partial charge in [-0.25, -0.2) is 0 Å². The third-order valence-corrected chi connectivity index (χ3v) is 5.58. The second-order valence-corrected chi connectivity index (χ2v) is 7.99. The smallest absolute Gasteiger partial charge is 0.227 e. The van der Waals surface area contributed by atoms with Gasteiger partial charge in [0.15, 0.2) is 0 Å². The van der Waals surface area contributed by atoms with Gasteiger partial charge in [0.05, 0.1) is 13.5 Å². The van der Waals surface area contributed by atoms with E-state index in [1.165, 1.54) is 5.56 Å². The zero-order chi connectivity index (χ0) is 18.1. The Morgan fingerprint density at radius 2 is 1.81 bits per heavy atom. The molecule has 0 bridgehead atoms. The topological polar surface area (TPSA) is 32.8 Å². The van der Waals surface area contributed by atoms with E-state index < -0.39 is 0 Å². The first-order chi connectivity index (χ1) is 12.5. The lowest BCUT2D eigenvalue weighted by molar-refractivity contribution is -0.159. The van der Waals surface area contributed by atoms with Gasteiger partial charge in [-0.15, -0.1) is 0 Å². The second kappa shape index (κ2) is 6.93. The highest BCUT2D eigenvalue weighted by atomic mass is 35.5. The van der Waals surface area contributed by atoms with Crippen molar-refractivity contribution >= 4 is 17.5 Å². The molecule has 2 saturated heterocycles. The van der Waals surface area contributed by atoms with E-state index >= 15 is 0 Å². The molecule has 26 heavy (non-hydrogen) atoms. The maximum absolute atomic E-state index is 12.4. The Hall–Kier alpha value is -2.04. The van der Waals surface area contributed by atoms with Crippen molar-refractivity contribution in [2.24, 2.45) is 5.41 Å². The first-order valence-electron chi connectivity index (χ1n) is 8.93. The van der Waals surface area contributed by atoms with E-state index in [2.05, 4.69) is 17.0 Å². The zero-order valence-electron chi connectivity index (χ0n) is 15.0. The summed E-state index contributed by atoms with van der Waals surface area (Å²) in [4.78, 5) is 16.8. The van der Waals surface area contributed by atoms with E-state index in [1.54, 1.807) is 7.11 Å². The number of hydrogen-bond donors (Lipinski definition) is 0. The molecule has 2 aromatic carbocycles. The first-order valence-corrected chi connectivity index (χ1v) is 9.31. The van der Waals surface area contributed by atoms with Gasteiger partial charge in [0.1, 0.15) is 5.75 Å². The number of nitrogens with zero attached hydrogens (tertiary/aromatic N) is 2. The molecule has 4 rings (SSSR count). The van der Waals surface area contributed by atoms with Crippen LogP contribution < -0.4 is 4.74 Å². The van der Waals surface area contributed by atoms with Gasteiger partial charge < -0.3 is 9.64 Å². The third-order valence-electron chi connectivity index (χ3n) is 5.33. The quantitative estimate of drug-likeness (QED) is 0.810. The Kier molecular flexibility index (Phi) is 4.63. The summed E-state index contributed by atoms with van der Waals surface area (Å²) < 4.78 is 5.29. The number of carbonyl (C=O) groups is 1. The van der Waals surface area contributed by atoms with Gasteiger partial charge in [-0.2, -0.15) is 0 Å². The second-order valence-electron chi connectivity index (χ2n) is 7.55. The van der Waals surface area contributed by atoms with Crippen LogP contribution in [0.25, 0.3) is 0 Å². The molecule has 0 aliphatic carbocycles. The Labute approximate surface area is 159 Å². The molecule has 1 spiro atoms. The van der Waals surface area contributed by atoms with E-state index in [9.17, 15) is 4.79 Å². The van der Waals surface area contributed by atoms with Crippen LogP contribution in [0, 0.1) is 5.41 Å². The minimum atomic E-state index is 0.212. The van der Waals surface area contributed by atoms with Gasteiger partial charge in [0.25, 0.3) is 0 Å². The van der Waals surface area contributed by atoms with Crippen LogP contribution in [0.2, 0.25) is 5.02 Å². The summed E-state index contributed by atoms with van der Waals surface area (Å²) in [6.07, 6.45) is 0.459. The van der Waals surface area contributed by atoms with Crippen molar-refractivity contribution in [1.82, 2.24) is 9.80 Å². The first kappa shape index (κ1) is 17.4. The fourth-order valence-corrected chi connectivity index (χ4v) is 4.20. The molecule has 2 heterocycles. The van der Waals surface area contributed by atoms with Crippen LogP contribution in [0.1, 0.15) is 11.1 Å². The zero-order valence-corrected chi connectivity index (χ0v) is 15.7. The minimum Gasteiger partial charge on any atom is -0.497 e. The third kappa shape index (κ3) is 3.57. The number of amides is 1. The lowest BCUT2D eigenvalue weighted by atomic mass is 9.72. The average Bonchev–Trinajstić information content (AvgIpc) is 2.58. The molecule has 5 heteroatoms. The van der Waals surface area contributed by atoms with Crippen LogP contribution in [-0.2, 0) is 17.8 Å². The Morgan fingerprint density at radius 1 is 1.08 bits per heavy atom. The summed E-state index contributed by atoms with van der Waals surface area (Å²) >= 11 is 5.89. The molecule has 2 aromatic rings. The molecule has 0 saturated carbocycles. The predicted octanol–water partition coefficient (Wildman–Crippen LogP) is 3.24. The molecule has 0 atom stereocenters. The van der Waals surface area contributed by atoms with E-state index in [-0.39, 0.29) is 5.91 Å². The number of methoxy groups -OCH3 is 1. The predicted molar refractivity (Wildman–Crippen MR) is 102 cm³/mol. The lowest BCUT2D eigenvalue weighted by Crippen LogP contribution is -2.72. The standard InChI is InChI=1S/C21H23ClN2O2/c1-26-19-4-2-3-17(9-19)11-23-12-21(13-23)14-24(15-21)20(25)10-16-5-7-18(22)8-6-16/h2-9H,10-15H2,1H3. The van der Waals surface area contributed by atoms with Gasteiger partial charge in [-0.1, -0.05) is 35.9 Å². The normalized spacial score (nSPS) is 18.3. The maximum atomic E-state index is 12.4. The molecule has 4 nitrogen and oxygen atoms in total. The van der Waals surface area contributed by atoms with Gasteiger partial charge in [0, 0.05) is 43.2 Å². The number of benzene rings is 2. The Morgan fingerprint density at radius 3 is 2.50 bits per heavy atom. The van der Waals surface area contributed by atoms with Crippen LogP contribution in [0.15, 0.2) is 48.5 Å². The van der Waals surface area contributed by atoms with Crippen molar-refractivity contribution in [2.45, 2.75) is 13.0 Å². The molecule has 2 fully saturated rings. The number of halogens is 1. The van der Waals surface area contributed by atoms with Crippen molar-refractivity contribution in [3.05, 3.63) is 64.7 Å². The molecule has 1 amide bonds. The Bertz CT molecular complexity index is 792. The van der Waals surface area contributed by atoms with E-state index in [0.717, 1.165) is 44.0 Å². The van der Waals surface area contributed by atoms with Crippen LogP contribution in [-0.4, -0.2) is 49.0 Å². The summed E-state index contributed by atoms with van der Waals surface area (Å²) in [6, 6.07) is 15.8.